The van der Waals surface area contributed by atoms with Gasteiger partial charge in [0, 0.05) is 67.9 Å². The third kappa shape index (κ3) is 6.19. The van der Waals surface area contributed by atoms with Crippen LogP contribution in [0, 0.1) is 0 Å². The summed E-state index contributed by atoms with van der Waals surface area (Å²) in [5.41, 5.74) is 11.2. The third-order valence-electron chi connectivity index (χ3n) is 6.81. The average molecular weight is 520 g/mol. The number of nitrogens with one attached hydrogen (secondary N) is 1. The normalized spacial score (nSPS) is 18.9. The predicted octanol–water partition coefficient (Wildman–Crippen LogP) is 3.34. The highest BCUT2D eigenvalue weighted by molar-refractivity contribution is 7.80. The zero-order valence-electron chi connectivity index (χ0n) is 20.5. The molecule has 11 heteroatoms. The van der Waals surface area contributed by atoms with Crippen LogP contribution >= 0.6 is 12.2 Å². The average Bonchev–Trinajstić information content (AvgIpc) is 3.34. The lowest BCUT2D eigenvalue weighted by atomic mass is 10.1. The molecule has 2 aliphatic rings. The van der Waals surface area contributed by atoms with E-state index in [4.69, 9.17) is 18.0 Å². The van der Waals surface area contributed by atoms with Gasteiger partial charge in [-0.05, 0) is 69.1 Å². The van der Waals surface area contributed by atoms with Crippen molar-refractivity contribution in [1.29, 1.82) is 0 Å². The van der Waals surface area contributed by atoms with Crippen LogP contribution in [0.15, 0.2) is 47.6 Å². The summed E-state index contributed by atoms with van der Waals surface area (Å²) in [6.07, 6.45) is -1.54. The second-order valence-corrected chi connectivity index (χ2v) is 9.79. The molecule has 2 fully saturated rings. The second-order valence-electron chi connectivity index (χ2n) is 9.35. The summed E-state index contributed by atoms with van der Waals surface area (Å²) < 4.78 is 39.4. The lowest BCUT2D eigenvalue weighted by Crippen LogP contribution is -2.46. The van der Waals surface area contributed by atoms with E-state index in [-0.39, 0.29) is 5.11 Å². The summed E-state index contributed by atoms with van der Waals surface area (Å²) in [6.45, 7) is 4.58. The van der Waals surface area contributed by atoms with E-state index in [9.17, 15) is 13.2 Å². The predicted molar refractivity (Wildman–Crippen MR) is 144 cm³/mol. The molecule has 194 valence electrons. The van der Waals surface area contributed by atoms with Crippen molar-refractivity contribution in [3.05, 3.63) is 53.6 Å². The zero-order valence-corrected chi connectivity index (χ0v) is 21.3. The first-order chi connectivity index (χ1) is 17.1. The topological polar surface area (TPSA) is 63.4 Å². The molecule has 2 saturated heterocycles. The third-order valence-corrected chi connectivity index (χ3v) is 6.90. The van der Waals surface area contributed by atoms with Crippen molar-refractivity contribution < 1.29 is 13.2 Å². The van der Waals surface area contributed by atoms with Gasteiger partial charge in [-0.3, -0.25) is 5.43 Å². The summed E-state index contributed by atoms with van der Waals surface area (Å²) >= 11 is 4.84. The molecule has 0 saturated carbocycles. The van der Waals surface area contributed by atoms with E-state index >= 15 is 0 Å². The number of halogens is 3. The first-order valence-corrected chi connectivity index (χ1v) is 12.3. The van der Waals surface area contributed by atoms with Crippen LogP contribution in [0.1, 0.15) is 17.5 Å². The fourth-order valence-electron chi connectivity index (χ4n) is 4.76. The molecule has 4 rings (SSSR count). The number of alkyl halides is 3. The van der Waals surface area contributed by atoms with Crippen LogP contribution < -0.4 is 25.9 Å². The van der Waals surface area contributed by atoms with Gasteiger partial charge >= 0.3 is 6.18 Å². The fourth-order valence-corrected chi connectivity index (χ4v) is 4.81. The van der Waals surface area contributed by atoms with Crippen molar-refractivity contribution in [2.24, 2.45) is 10.8 Å². The molecule has 2 aromatic carbocycles. The molecule has 1 atom stereocenters. The van der Waals surface area contributed by atoms with Crippen LogP contribution in [-0.2, 0) is 6.18 Å². The van der Waals surface area contributed by atoms with Crippen molar-refractivity contribution in [3.8, 4) is 0 Å². The van der Waals surface area contributed by atoms with Gasteiger partial charge in [-0.1, -0.05) is 6.07 Å². The van der Waals surface area contributed by atoms with Gasteiger partial charge in [0.15, 0.2) is 5.11 Å². The lowest BCUT2D eigenvalue weighted by molar-refractivity contribution is -0.137. The minimum absolute atomic E-state index is 0.108. The van der Waals surface area contributed by atoms with Crippen LogP contribution in [-0.4, -0.2) is 75.6 Å². The molecule has 0 bridgehead atoms. The summed E-state index contributed by atoms with van der Waals surface area (Å²) in [6, 6.07) is 12.3. The van der Waals surface area contributed by atoms with Gasteiger partial charge in [0.25, 0.3) is 0 Å². The maximum absolute atomic E-state index is 13.1. The highest BCUT2D eigenvalue weighted by atomic mass is 32.1. The Labute approximate surface area is 215 Å². The van der Waals surface area contributed by atoms with Crippen molar-refractivity contribution in [3.63, 3.8) is 0 Å². The van der Waals surface area contributed by atoms with E-state index in [0.717, 1.165) is 42.5 Å². The molecule has 0 amide bonds. The number of thiocarbonyl (C=S) groups is 1. The molecule has 0 aliphatic carbocycles. The first-order valence-electron chi connectivity index (χ1n) is 11.9. The Balaban J connectivity index is 1.50. The number of benzene rings is 2. The van der Waals surface area contributed by atoms with Gasteiger partial charge in [0.2, 0.25) is 0 Å². The molecule has 0 radical (unpaired) electrons. The monoisotopic (exact) mass is 519 g/mol. The van der Waals surface area contributed by atoms with E-state index in [2.05, 4.69) is 51.5 Å². The van der Waals surface area contributed by atoms with Gasteiger partial charge in [-0.2, -0.15) is 18.3 Å². The maximum Gasteiger partial charge on any atom is 0.416 e. The van der Waals surface area contributed by atoms with E-state index < -0.39 is 11.7 Å². The minimum Gasteiger partial charge on any atom is -0.375 e. The highest BCUT2D eigenvalue weighted by Crippen LogP contribution is 2.33. The number of nitrogens with two attached hydrogens (primary N) is 1. The van der Waals surface area contributed by atoms with Gasteiger partial charge in [-0.25, -0.2) is 0 Å². The summed E-state index contributed by atoms with van der Waals surface area (Å²) in [5.74, 6) is 0. The molecular formula is C25H32F3N7S. The minimum atomic E-state index is -4.34. The van der Waals surface area contributed by atoms with E-state index in [0.29, 0.717) is 37.9 Å². The Bertz CT molecular complexity index is 1100. The summed E-state index contributed by atoms with van der Waals surface area (Å²) in [7, 11) is 4.20. The molecule has 0 aromatic heterocycles. The Kier molecular flexibility index (Phi) is 7.89. The Morgan fingerprint density at radius 1 is 1.03 bits per heavy atom. The standard InChI is InChI=1S/C25H32F3N7S/c1-32(2)22-8-9-35(17-22)23-15-21(7-6-18(23)16-30-31-24(29)36)34-12-10-33(11-13-34)20-5-3-4-19(14-20)25(26,27)28/h3-7,14-16,22H,8-13,17H2,1-2H3,(H3,29,31,36)/b30-16+/t22-/m0/s1. The van der Waals surface area contributed by atoms with Crippen molar-refractivity contribution >= 4 is 40.6 Å². The summed E-state index contributed by atoms with van der Waals surface area (Å²) in [5, 5.41) is 4.27. The molecule has 2 aliphatic heterocycles. The molecule has 3 N–H and O–H groups in total. The van der Waals surface area contributed by atoms with Crippen molar-refractivity contribution in [2.45, 2.75) is 18.6 Å². The Morgan fingerprint density at radius 3 is 2.28 bits per heavy atom. The van der Waals surface area contributed by atoms with Crippen LogP contribution in [0.5, 0.6) is 0 Å². The van der Waals surface area contributed by atoms with E-state index in [1.54, 1.807) is 12.3 Å². The highest BCUT2D eigenvalue weighted by Gasteiger charge is 2.31. The van der Waals surface area contributed by atoms with Gasteiger partial charge in [-0.15, -0.1) is 0 Å². The number of hydrazone groups is 1. The summed E-state index contributed by atoms with van der Waals surface area (Å²) in [4.78, 5) is 8.91. The quantitative estimate of drug-likeness (QED) is 0.345. The maximum atomic E-state index is 13.1. The first kappa shape index (κ1) is 26.0. The van der Waals surface area contributed by atoms with Crippen LogP contribution in [0.4, 0.5) is 30.2 Å². The molecular weight excluding hydrogens is 487 g/mol. The van der Waals surface area contributed by atoms with Gasteiger partial charge < -0.3 is 25.3 Å². The van der Waals surface area contributed by atoms with E-state index in [1.165, 1.54) is 12.1 Å². The van der Waals surface area contributed by atoms with Gasteiger partial charge in [0.1, 0.15) is 0 Å². The number of hydrogen-bond donors (Lipinski definition) is 2. The Morgan fingerprint density at radius 2 is 1.69 bits per heavy atom. The molecule has 0 spiro atoms. The SMILES string of the molecule is CN(C)[C@H]1CCN(c2cc(N3CCN(c4cccc(C(F)(F)F)c4)CC3)ccc2/C=N/NC(N)=S)C1. The van der Waals surface area contributed by atoms with E-state index in [1.807, 2.05) is 11.0 Å². The second kappa shape index (κ2) is 10.9. The van der Waals surface area contributed by atoms with Crippen molar-refractivity contribution in [2.75, 3.05) is 68.1 Å². The number of piperazine rings is 1. The number of likely N-dealkylation sites (N-methyl/N-ethyl adjacent to an activating group) is 1. The largest absolute Gasteiger partial charge is 0.416 e. The van der Waals surface area contributed by atoms with Crippen LogP contribution in [0.25, 0.3) is 0 Å². The molecule has 2 aromatic rings. The molecule has 2 heterocycles. The van der Waals surface area contributed by atoms with Crippen molar-refractivity contribution in [1.82, 2.24) is 10.3 Å². The molecule has 36 heavy (non-hydrogen) atoms. The van der Waals surface area contributed by atoms with Crippen LogP contribution in [0.3, 0.4) is 0 Å². The zero-order chi connectivity index (χ0) is 25.9. The molecule has 7 nitrogen and oxygen atoms in total. The molecule has 0 unspecified atom stereocenters. The fraction of sp³-hybridized carbons (Fsp3) is 0.440. The smallest absolute Gasteiger partial charge is 0.375 e. The number of anilines is 3. The number of rotatable bonds is 6. The number of hydrogen-bond acceptors (Lipinski definition) is 6. The number of nitrogens with zero attached hydrogens (tertiary/aromatic N) is 5. The lowest BCUT2D eigenvalue weighted by Gasteiger charge is -2.38. The van der Waals surface area contributed by atoms with Gasteiger partial charge in [0.05, 0.1) is 11.8 Å². The Hall–Kier alpha value is -3.05. The van der Waals surface area contributed by atoms with Crippen LogP contribution in [0.2, 0.25) is 0 Å².